The van der Waals surface area contributed by atoms with Gasteiger partial charge in [-0.3, -0.25) is 4.79 Å². The van der Waals surface area contributed by atoms with Crippen molar-refractivity contribution in [2.45, 2.75) is 0 Å². The van der Waals surface area contributed by atoms with Crippen molar-refractivity contribution in [3.63, 3.8) is 0 Å². The summed E-state index contributed by atoms with van der Waals surface area (Å²) in [5, 5.41) is 5.73. The highest BCUT2D eigenvalue weighted by molar-refractivity contribution is 7.17. The summed E-state index contributed by atoms with van der Waals surface area (Å²) in [4.78, 5) is 21.7. The van der Waals surface area contributed by atoms with E-state index in [1.807, 2.05) is 29.2 Å². The summed E-state index contributed by atoms with van der Waals surface area (Å²) in [7, 11) is 2.07. The van der Waals surface area contributed by atoms with Crippen molar-refractivity contribution in [3.05, 3.63) is 35.3 Å². The number of fused-ring (bicyclic) bond motifs is 1. The van der Waals surface area contributed by atoms with Crippen LogP contribution in [0, 0.1) is 0 Å². The molecule has 0 N–H and O–H groups in total. The number of para-hydroxylation sites is 1. The van der Waals surface area contributed by atoms with Crippen molar-refractivity contribution < 1.29 is 9.32 Å². The lowest BCUT2D eigenvalue weighted by atomic mass is 10.2. The summed E-state index contributed by atoms with van der Waals surface area (Å²) in [5.74, 6) is 0.0506. The SMILES string of the molecule is CN1CCN(C(=O)c2cnc(-c3noc4ccccc34)s2)CC1. The molecule has 23 heavy (non-hydrogen) atoms. The van der Waals surface area contributed by atoms with Gasteiger partial charge in [0.25, 0.3) is 5.91 Å². The second-order valence-electron chi connectivity index (χ2n) is 5.65. The quantitative estimate of drug-likeness (QED) is 0.722. The first-order valence-corrected chi connectivity index (χ1v) is 8.32. The number of carbonyl (C=O) groups is 1. The molecule has 3 aromatic rings. The van der Waals surface area contributed by atoms with Crippen molar-refractivity contribution in [2.75, 3.05) is 33.2 Å². The third-order valence-corrected chi connectivity index (χ3v) is 5.08. The second-order valence-corrected chi connectivity index (χ2v) is 6.68. The fourth-order valence-corrected chi connectivity index (χ4v) is 3.57. The molecule has 7 heteroatoms. The lowest BCUT2D eigenvalue weighted by molar-refractivity contribution is 0.0668. The van der Waals surface area contributed by atoms with Gasteiger partial charge in [0.1, 0.15) is 15.6 Å². The van der Waals surface area contributed by atoms with E-state index < -0.39 is 0 Å². The third kappa shape index (κ3) is 2.62. The van der Waals surface area contributed by atoms with E-state index in [2.05, 4.69) is 22.1 Å². The number of thiazole rings is 1. The number of nitrogens with zero attached hydrogens (tertiary/aromatic N) is 4. The topological polar surface area (TPSA) is 62.5 Å². The summed E-state index contributed by atoms with van der Waals surface area (Å²) in [6.45, 7) is 3.33. The van der Waals surface area contributed by atoms with E-state index in [-0.39, 0.29) is 5.91 Å². The van der Waals surface area contributed by atoms with E-state index >= 15 is 0 Å². The molecule has 0 radical (unpaired) electrons. The van der Waals surface area contributed by atoms with Gasteiger partial charge >= 0.3 is 0 Å². The molecule has 1 saturated heterocycles. The van der Waals surface area contributed by atoms with Gasteiger partial charge in [0.2, 0.25) is 0 Å². The first kappa shape index (κ1) is 14.3. The Hall–Kier alpha value is -2.25. The Labute approximate surface area is 137 Å². The van der Waals surface area contributed by atoms with Gasteiger partial charge in [-0.1, -0.05) is 17.3 Å². The molecule has 0 atom stereocenters. The highest BCUT2D eigenvalue weighted by Gasteiger charge is 2.23. The van der Waals surface area contributed by atoms with Crippen LogP contribution in [0.4, 0.5) is 0 Å². The van der Waals surface area contributed by atoms with Gasteiger partial charge in [0.15, 0.2) is 5.58 Å². The van der Waals surface area contributed by atoms with E-state index in [1.54, 1.807) is 6.20 Å². The summed E-state index contributed by atoms with van der Waals surface area (Å²) in [5.41, 5.74) is 1.42. The maximum Gasteiger partial charge on any atom is 0.265 e. The number of rotatable bonds is 2. The summed E-state index contributed by atoms with van der Waals surface area (Å²) < 4.78 is 5.32. The monoisotopic (exact) mass is 328 g/mol. The van der Waals surface area contributed by atoms with Crippen LogP contribution in [-0.4, -0.2) is 59.1 Å². The Kier molecular flexibility index (Phi) is 3.59. The molecule has 1 aliphatic heterocycles. The van der Waals surface area contributed by atoms with Crippen LogP contribution in [0.1, 0.15) is 9.67 Å². The van der Waals surface area contributed by atoms with Crippen LogP contribution in [0.3, 0.4) is 0 Å². The standard InChI is InChI=1S/C16H16N4O2S/c1-19-6-8-20(9-7-19)16(21)13-10-17-15(23-13)14-11-4-2-3-5-12(11)22-18-14/h2-5,10H,6-9H2,1H3. The highest BCUT2D eigenvalue weighted by Crippen LogP contribution is 2.31. The number of piperazine rings is 1. The minimum Gasteiger partial charge on any atom is -0.356 e. The van der Waals surface area contributed by atoms with E-state index in [9.17, 15) is 4.79 Å². The van der Waals surface area contributed by atoms with E-state index in [4.69, 9.17) is 4.52 Å². The van der Waals surface area contributed by atoms with E-state index in [0.29, 0.717) is 15.6 Å². The third-order valence-electron chi connectivity index (χ3n) is 4.09. The number of likely N-dealkylation sites (N-methyl/N-ethyl adjacent to an activating group) is 1. The molecule has 1 aliphatic rings. The van der Waals surface area contributed by atoms with Crippen LogP contribution in [0.25, 0.3) is 21.7 Å². The van der Waals surface area contributed by atoms with Crippen LogP contribution < -0.4 is 0 Å². The van der Waals surface area contributed by atoms with Crippen LogP contribution in [0.2, 0.25) is 0 Å². The number of aromatic nitrogens is 2. The van der Waals surface area contributed by atoms with Gasteiger partial charge in [0, 0.05) is 26.2 Å². The minimum atomic E-state index is 0.0506. The molecule has 0 saturated carbocycles. The summed E-state index contributed by atoms with van der Waals surface area (Å²) in [6.07, 6.45) is 1.64. The molecular formula is C16H16N4O2S. The fourth-order valence-electron chi connectivity index (χ4n) is 2.69. The molecule has 2 aromatic heterocycles. The Balaban J connectivity index is 1.60. The van der Waals surface area contributed by atoms with E-state index in [0.717, 1.165) is 37.1 Å². The molecule has 0 spiro atoms. The lowest BCUT2D eigenvalue weighted by Gasteiger charge is -2.31. The molecule has 0 bridgehead atoms. The number of benzene rings is 1. The molecule has 3 heterocycles. The van der Waals surface area contributed by atoms with Crippen molar-refractivity contribution >= 4 is 28.2 Å². The van der Waals surface area contributed by atoms with Gasteiger partial charge in [0.05, 0.1) is 11.6 Å². The number of carbonyl (C=O) groups excluding carboxylic acids is 1. The molecule has 1 amide bonds. The smallest absolute Gasteiger partial charge is 0.265 e. The molecular weight excluding hydrogens is 312 g/mol. The molecule has 6 nitrogen and oxygen atoms in total. The Morgan fingerprint density at radius 2 is 2.00 bits per heavy atom. The molecule has 0 aliphatic carbocycles. The minimum absolute atomic E-state index is 0.0506. The Bertz CT molecular complexity index is 849. The highest BCUT2D eigenvalue weighted by atomic mass is 32.1. The normalized spacial score (nSPS) is 16.1. The predicted molar refractivity (Wildman–Crippen MR) is 88.5 cm³/mol. The maximum atomic E-state index is 12.6. The van der Waals surface area contributed by atoms with Crippen LogP contribution >= 0.6 is 11.3 Å². The zero-order chi connectivity index (χ0) is 15.8. The van der Waals surface area contributed by atoms with Crippen molar-refractivity contribution in [3.8, 4) is 10.7 Å². The van der Waals surface area contributed by atoms with Gasteiger partial charge in [-0.15, -0.1) is 11.3 Å². The van der Waals surface area contributed by atoms with Crippen molar-refractivity contribution in [1.29, 1.82) is 0 Å². The molecule has 4 rings (SSSR count). The first-order chi connectivity index (χ1) is 11.2. The molecule has 0 unspecified atom stereocenters. The van der Waals surface area contributed by atoms with Crippen LogP contribution in [-0.2, 0) is 0 Å². The molecule has 1 fully saturated rings. The lowest BCUT2D eigenvalue weighted by Crippen LogP contribution is -2.46. The number of hydrogen-bond donors (Lipinski definition) is 0. The maximum absolute atomic E-state index is 12.6. The average molecular weight is 328 g/mol. The molecule has 1 aromatic carbocycles. The fraction of sp³-hybridized carbons (Fsp3) is 0.312. The zero-order valence-corrected chi connectivity index (χ0v) is 13.5. The summed E-state index contributed by atoms with van der Waals surface area (Å²) in [6, 6.07) is 7.66. The zero-order valence-electron chi connectivity index (χ0n) is 12.7. The van der Waals surface area contributed by atoms with Crippen molar-refractivity contribution in [2.24, 2.45) is 0 Å². The van der Waals surface area contributed by atoms with Gasteiger partial charge in [-0.25, -0.2) is 4.98 Å². The number of amides is 1. The first-order valence-electron chi connectivity index (χ1n) is 7.51. The second kappa shape index (κ2) is 5.75. The van der Waals surface area contributed by atoms with Crippen molar-refractivity contribution in [1.82, 2.24) is 19.9 Å². The largest absolute Gasteiger partial charge is 0.356 e. The Morgan fingerprint density at radius 3 is 2.83 bits per heavy atom. The van der Waals surface area contributed by atoms with Gasteiger partial charge in [-0.2, -0.15) is 0 Å². The number of hydrogen-bond acceptors (Lipinski definition) is 6. The predicted octanol–water partition coefficient (Wildman–Crippen LogP) is 2.34. The molecule has 118 valence electrons. The summed E-state index contributed by atoms with van der Waals surface area (Å²) >= 11 is 1.37. The average Bonchev–Trinajstić information content (AvgIpc) is 3.21. The van der Waals surface area contributed by atoms with Gasteiger partial charge in [-0.05, 0) is 19.2 Å². The van der Waals surface area contributed by atoms with Crippen LogP contribution in [0.15, 0.2) is 35.0 Å². The Morgan fingerprint density at radius 1 is 1.22 bits per heavy atom. The van der Waals surface area contributed by atoms with E-state index in [1.165, 1.54) is 11.3 Å². The van der Waals surface area contributed by atoms with Gasteiger partial charge < -0.3 is 14.3 Å². The van der Waals surface area contributed by atoms with Crippen LogP contribution in [0.5, 0.6) is 0 Å².